The van der Waals surface area contributed by atoms with Crippen molar-refractivity contribution in [3.63, 3.8) is 0 Å². The number of anilines is 2. The third-order valence-corrected chi connectivity index (χ3v) is 6.70. The second kappa shape index (κ2) is 7.64. The first-order chi connectivity index (χ1) is 13.4. The first kappa shape index (κ1) is 19.1. The molecule has 1 amide bonds. The van der Waals surface area contributed by atoms with Crippen LogP contribution in [-0.2, 0) is 4.79 Å². The van der Waals surface area contributed by atoms with Gasteiger partial charge in [0.2, 0.25) is 5.91 Å². The van der Waals surface area contributed by atoms with Crippen molar-refractivity contribution in [3.05, 3.63) is 45.8 Å². The Balaban J connectivity index is 1.45. The summed E-state index contributed by atoms with van der Waals surface area (Å²) in [5, 5.41) is 3.96. The minimum Gasteiger partial charge on any atom is -0.356 e. The summed E-state index contributed by atoms with van der Waals surface area (Å²) in [6.45, 7) is 5.71. The maximum absolute atomic E-state index is 13.3. The second-order valence-corrected chi connectivity index (χ2v) is 8.65. The van der Waals surface area contributed by atoms with E-state index in [1.807, 2.05) is 0 Å². The van der Waals surface area contributed by atoms with E-state index in [1.165, 1.54) is 28.6 Å². The lowest BCUT2D eigenvalue weighted by molar-refractivity contribution is -0.120. The van der Waals surface area contributed by atoms with Crippen LogP contribution in [0.3, 0.4) is 0 Å². The molecule has 2 aromatic heterocycles. The van der Waals surface area contributed by atoms with Gasteiger partial charge in [0.25, 0.3) is 0 Å². The Morgan fingerprint density at radius 2 is 2.04 bits per heavy atom. The first-order valence-corrected chi connectivity index (χ1v) is 10.3. The number of aromatic nitrogens is 2. The molecule has 5 nitrogen and oxygen atoms in total. The van der Waals surface area contributed by atoms with E-state index in [-0.39, 0.29) is 16.8 Å². The van der Waals surface area contributed by atoms with Gasteiger partial charge in [-0.15, -0.1) is 11.3 Å². The van der Waals surface area contributed by atoms with Gasteiger partial charge in [-0.3, -0.25) is 4.79 Å². The number of halogens is 2. The highest BCUT2D eigenvalue weighted by atomic mass is 35.5. The van der Waals surface area contributed by atoms with Crippen LogP contribution in [0.15, 0.2) is 24.5 Å². The summed E-state index contributed by atoms with van der Waals surface area (Å²) < 4.78 is 13.3. The summed E-state index contributed by atoms with van der Waals surface area (Å²) in [7, 11) is 0. The molecule has 4 rings (SSSR count). The van der Waals surface area contributed by atoms with E-state index in [1.54, 1.807) is 17.7 Å². The van der Waals surface area contributed by atoms with Crippen LogP contribution in [0.1, 0.15) is 23.3 Å². The van der Waals surface area contributed by atoms with Crippen LogP contribution in [0.5, 0.6) is 0 Å². The number of nitrogens with one attached hydrogen (secondary N) is 1. The number of aryl methyl sites for hydroxylation is 2. The molecule has 28 heavy (non-hydrogen) atoms. The van der Waals surface area contributed by atoms with Gasteiger partial charge in [-0.2, -0.15) is 0 Å². The summed E-state index contributed by atoms with van der Waals surface area (Å²) in [6.07, 6.45) is 3.08. The third-order valence-electron chi connectivity index (χ3n) is 5.30. The molecule has 1 aliphatic heterocycles. The Kier molecular flexibility index (Phi) is 5.21. The van der Waals surface area contributed by atoms with E-state index < -0.39 is 5.82 Å². The van der Waals surface area contributed by atoms with Gasteiger partial charge in [0.1, 0.15) is 22.8 Å². The lowest BCUT2D eigenvalue weighted by atomic mass is 9.95. The Labute approximate surface area is 171 Å². The quantitative estimate of drug-likeness (QED) is 0.653. The van der Waals surface area contributed by atoms with Crippen LogP contribution in [0.2, 0.25) is 5.02 Å². The lowest BCUT2D eigenvalue weighted by Gasteiger charge is -2.32. The van der Waals surface area contributed by atoms with E-state index in [0.29, 0.717) is 5.69 Å². The van der Waals surface area contributed by atoms with Gasteiger partial charge >= 0.3 is 0 Å². The highest BCUT2D eigenvalue weighted by Gasteiger charge is 2.27. The molecule has 1 saturated heterocycles. The molecule has 0 radical (unpaired) electrons. The van der Waals surface area contributed by atoms with Gasteiger partial charge in [-0.25, -0.2) is 14.4 Å². The van der Waals surface area contributed by atoms with E-state index >= 15 is 0 Å². The number of piperidine rings is 1. The number of carbonyl (C=O) groups is 1. The van der Waals surface area contributed by atoms with Crippen LogP contribution < -0.4 is 10.2 Å². The number of rotatable bonds is 3. The molecular weight excluding hydrogens is 399 g/mol. The molecule has 1 N–H and O–H groups in total. The summed E-state index contributed by atoms with van der Waals surface area (Å²) >= 11 is 7.47. The number of hydrogen-bond donors (Lipinski definition) is 1. The van der Waals surface area contributed by atoms with Crippen LogP contribution in [0.25, 0.3) is 10.2 Å². The fourth-order valence-electron chi connectivity index (χ4n) is 3.58. The molecule has 0 spiro atoms. The largest absolute Gasteiger partial charge is 0.356 e. The standard InChI is InChI=1S/C20H20ClFN4OS/c1-11-12(2)28-20-17(11)18(23-10-24-20)26-7-5-13(6-8-26)19(27)25-14-3-4-16(22)15(21)9-14/h3-4,9-10,13H,5-8H2,1-2H3,(H,25,27). The number of fused-ring (bicyclic) bond motifs is 1. The average molecular weight is 419 g/mol. The van der Waals surface area contributed by atoms with Gasteiger partial charge < -0.3 is 10.2 Å². The molecule has 0 saturated carbocycles. The highest BCUT2D eigenvalue weighted by molar-refractivity contribution is 7.18. The predicted octanol–water partition coefficient (Wildman–Crippen LogP) is 4.96. The normalized spacial score (nSPS) is 15.2. The van der Waals surface area contributed by atoms with Crippen molar-refractivity contribution >= 4 is 50.6 Å². The minimum atomic E-state index is -0.497. The Bertz CT molecular complexity index is 1050. The smallest absolute Gasteiger partial charge is 0.227 e. The third kappa shape index (κ3) is 3.56. The van der Waals surface area contributed by atoms with Crippen molar-refractivity contribution in [1.82, 2.24) is 9.97 Å². The molecule has 1 aromatic carbocycles. The Morgan fingerprint density at radius 1 is 1.29 bits per heavy atom. The van der Waals surface area contributed by atoms with Crippen LogP contribution in [-0.4, -0.2) is 29.0 Å². The maximum atomic E-state index is 13.3. The Hall–Kier alpha value is -2.25. The Morgan fingerprint density at radius 3 is 2.75 bits per heavy atom. The van der Waals surface area contributed by atoms with Crippen molar-refractivity contribution < 1.29 is 9.18 Å². The zero-order valence-corrected chi connectivity index (χ0v) is 17.2. The van der Waals surface area contributed by atoms with Crippen molar-refractivity contribution in [3.8, 4) is 0 Å². The molecular formula is C20H20ClFN4OS. The fraction of sp³-hybridized carbons (Fsp3) is 0.350. The van der Waals surface area contributed by atoms with Gasteiger partial charge in [0, 0.05) is 29.6 Å². The van der Waals surface area contributed by atoms with Crippen molar-refractivity contribution in [1.29, 1.82) is 0 Å². The molecule has 146 valence electrons. The average Bonchev–Trinajstić information content (AvgIpc) is 2.99. The number of hydrogen-bond acceptors (Lipinski definition) is 5. The highest BCUT2D eigenvalue weighted by Crippen LogP contribution is 2.35. The van der Waals surface area contributed by atoms with Crippen LogP contribution in [0.4, 0.5) is 15.9 Å². The summed E-state index contributed by atoms with van der Waals surface area (Å²) in [5.41, 5.74) is 1.74. The molecule has 3 heterocycles. The van der Waals surface area contributed by atoms with Gasteiger partial charge in [0.05, 0.1) is 10.4 Å². The van der Waals surface area contributed by atoms with E-state index in [0.717, 1.165) is 42.0 Å². The van der Waals surface area contributed by atoms with E-state index in [9.17, 15) is 9.18 Å². The topological polar surface area (TPSA) is 58.1 Å². The number of amides is 1. The molecule has 8 heteroatoms. The molecule has 3 aromatic rings. The van der Waals surface area contributed by atoms with Crippen molar-refractivity contribution in [2.45, 2.75) is 26.7 Å². The summed E-state index contributed by atoms with van der Waals surface area (Å²) in [5.74, 6) is 0.305. The van der Waals surface area contributed by atoms with Crippen molar-refractivity contribution in [2.75, 3.05) is 23.3 Å². The van der Waals surface area contributed by atoms with E-state index in [4.69, 9.17) is 11.6 Å². The summed E-state index contributed by atoms with van der Waals surface area (Å²) in [4.78, 5) is 26.0. The zero-order chi connectivity index (χ0) is 19.8. The molecule has 0 bridgehead atoms. The number of carbonyl (C=O) groups excluding carboxylic acids is 1. The number of nitrogens with zero attached hydrogens (tertiary/aromatic N) is 3. The molecule has 1 aliphatic rings. The number of benzene rings is 1. The van der Waals surface area contributed by atoms with Crippen molar-refractivity contribution in [2.24, 2.45) is 5.92 Å². The molecule has 1 fully saturated rings. The predicted molar refractivity (Wildman–Crippen MR) is 112 cm³/mol. The maximum Gasteiger partial charge on any atom is 0.227 e. The second-order valence-electron chi connectivity index (χ2n) is 7.04. The monoisotopic (exact) mass is 418 g/mol. The van der Waals surface area contributed by atoms with E-state index in [2.05, 4.69) is 34.0 Å². The minimum absolute atomic E-state index is 0.00169. The van der Waals surface area contributed by atoms with Crippen LogP contribution >= 0.6 is 22.9 Å². The number of thiophene rings is 1. The van der Waals surface area contributed by atoms with Gasteiger partial charge in [0.15, 0.2) is 0 Å². The SMILES string of the molecule is Cc1sc2ncnc(N3CCC(C(=O)Nc4ccc(F)c(Cl)c4)CC3)c2c1C. The lowest BCUT2D eigenvalue weighted by Crippen LogP contribution is -2.38. The van der Waals surface area contributed by atoms with Crippen LogP contribution in [0, 0.1) is 25.6 Å². The van der Waals surface area contributed by atoms with Gasteiger partial charge in [-0.1, -0.05) is 11.6 Å². The fourth-order valence-corrected chi connectivity index (χ4v) is 4.75. The van der Waals surface area contributed by atoms with Gasteiger partial charge in [-0.05, 0) is 50.5 Å². The molecule has 0 atom stereocenters. The summed E-state index contributed by atoms with van der Waals surface area (Å²) in [6, 6.07) is 4.21. The molecule has 0 aliphatic carbocycles. The first-order valence-electron chi connectivity index (χ1n) is 9.15. The molecule has 0 unspecified atom stereocenters. The zero-order valence-electron chi connectivity index (χ0n) is 15.6.